The zero-order chi connectivity index (χ0) is 33.0. The number of phosphoric ester groups is 1. The molecule has 1 heterocycles. The molecule has 1 fully saturated rings. The fraction of sp³-hybridized carbons (Fsp3) is 0.886. The molecule has 0 aromatic rings. The van der Waals surface area contributed by atoms with Crippen LogP contribution in [0, 0.1) is 0 Å². The van der Waals surface area contributed by atoms with E-state index in [-0.39, 0.29) is 19.4 Å². The van der Waals surface area contributed by atoms with E-state index in [0.717, 1.165) is 64.2 Å². The molecule has 0 bridgehead atoms. The summed E-state index contributed by atoms with van der Waals surface area (Å²) < 4.78 is 32.0. The first-order valence-corrected chi connectivity index (χ1v) is 19.6. The van der Waals surface area contributed by atoms with Gasteiger partial charge in [-0.2, -0.15) is 0 Å². The van der Waals surface area contributed by atoms with Gasteiger partial charge in [0.15, 0.2) is 6.10 Å². The van der Waals surface area contributed by atoms with Gasteiger partial charge in [0.1, 0.15) is 6.61 Å². The number of epoxide rings is 1. The van der Waals surface area contributed by atoms with Crippen molar-refractivity contribution in [3.05, 3.63) is 12.2 Å². The van der Waals surface area contributed by atoms with Gasteiger partial charge in [-0.05, 0) is 38.5 Å². The molecule has 1 aliphatic rings. The van der Waals surface area contributed by atoms with Gasteiger partial charge in [-0.25, -0.2) is 4.57 Å². The second-order valence-electron chi connectivity index (χ2n) is 12.6. The molecular formula is C35H65O9P. The van der Waals surface area contributed by atoms with Gasteiger partial charge in [-0.3, -0.25) is 14.1 Å². The van der Waals surface area contributed by atoms with Crippen LogP contribution in [-0.2, 0) is 32.9 Å². The summed E-state index contributed by atoms with van der Waals surface area (Å²) in [5, 5.41) is 0. The van der Waals surface area contributed by atoms with E-state index in [1.807, 2.05) is 0 Å². The molecule has 45 heavy (non-hydrogen) atoms. The average molecular weight is 661 g/mol. The number of esters is 2. The Morgan fingerprint density at radius 1 is 0.689 bits per heavy atom. The zero-order valence-electron chi connectivity index (χ0n) is 28.5. The third kappa shape index (κ3) is 27.6. The van der Waals surface area contributed by atoms with Crippen LogP contribution in [0.15, 0.2) is 12.2 Å². The number of hydrogen-bond donors (Lipinski definition) is 2. The summed E-state index contributed by atoms with van der Waals surface area (Å²) in [5.41, 5.74) is 0. The molecule has 10 heteroatoms. The Hall–Kier alpha value is -1.25. The van der Waals surface area contributed by atoms with E-state index >= 15 is 0 Å². The van der Waals surface area contributed by atoms with E-state index in [0.29, 0.717) is 18.6 Å². The Balaban J connectivity index is 2.11. The maximum absolute atomic E-state index is 12.4. The van der Waals surface area contributed by atoms with Gasteiger partial charge in [-0.15, -0.1) is 0 Å². The molecule has 2 N–H and O–H groups in total. The van der Waals surface area contributed by atoms with Crippen LogP contribution in [0.5, 0.6) is 0 Å². The standard InChI is InChI=1S/C35H65O9P/c1-3-5-7-9-11-12-13-14-15-19-23-27-34(36)41-29-31(30-42-45(38,39)40)43-35(37)28-24-20-16-18-22-26-33-32(44-33)25-21-17-10-8-6-4-2/h17,21,31-33H,3-16,18-20,22-30H2,1-2H3,(H2,38,39,40)/b21-17-/t31-,32?,33?/m1/s1. The number of allylic oxidation sites excluding steroid dienone is 1. The van der Waals surface area contributed by atoms with Crippen molar-refractivity contribution in [3.63, 3.8) is 0 Å². The van der Waals surface area contributed by atoms with Crippen molar-refractivity contribution in [2.75, 3.05) is 13.2 Å². The van der Waals surface area contributed by atoms with Crippen molar-refractivity contribution < 1.29 is 42.7 Å². The maximum Gasteiger partial charge on any atom is 0.469 e. The highest BCUT2D eigenvalue weighted by atomic mass is 31.2. The predicted molar refractivity (Wildman–Crippen MR) is 179 cm³/mol. The summed E-state index contributed by atoms with van der Waals surface area (Å²) in [6.45, 7) is 3.61. The van der Waals surface area contributed by atoms with Crippen LogP contribution < -0.4 is 0 Å². The lowest BCUT2D eigenvalue weighted by atomic mass is 10.1. The third-order valence-corrected chi connectivity index (χ3v) is 8.69. The number of carbonyl (C=O) groups is 2. The molecule has 0 amide bonds. The summed E-state index contributed by atoms with van der Waals surface area (Å²) in [6, 6.07) is 0. The van der Waals surface area contributed by atoms with Crippen LogP contribution in [0.25, 0.3) is 0 Å². The van der Waals surface area contributed by atoms with E-state index in [1.165, 1.54) is 70.6 Å². The molecule has 0 aromatic heterocycles. The Kier molecular flexibility index (Phi) is 25.8. The monoisotopic (exact) mass is 660 g/mol. The quantitative estimate of drug-likeness (QED) is 0.0238. The lowest BCUT2D eigenvalue weighted by molar-refractivity contribution is -0.161. The first-order chi connectivity index (χ1) is 21.7. The van der Waals surface area contributed by atoms with Crippen LogP contribution in [-0.4, -0.2) is 53.3 Å². The minimum absolute atomic E-state index is 0.192. The van der Waals surface area contributed by atoms with Crippen LogP contribution in [0.2, 0.25) is 0 Å². The largest absolute Gasteiger partial charge is 0.469 e. The SMILES string of the molecule is CCCCC/C=C\CC1OC1CCCCCCCC(=O)O[C@H](COC(=O)CCCCCCCCCCCCC)COP(=O)(O)O. The Morgan fingerprint density at radius 3 is 1.82 bits per heavy atom. The second kappa shape index (κ2) is 27.8. The van der Waals surface area contributed by atoms with Crippen molar-refractivity contribution in [2.45, 2.75) is 186 Å². The molecule has 1 rings (SSSR count). The number of hydrogen-bond acceptors (Lipinski definition) is 7. The predicted octanol–water partition coefficient (Wildman–Crippen LogP) is 9.28. The molecule has 2 unspecified atom stereocenters. The summed E-state index contributed by atoms with van der Waals surface area (Å²) >= 11 is 0. The van der Waals surface area contributed by atoms with E-state index in [4.69, 9.17) is 24.0 Å². The molecule has 0 radical (unpaired) electrons. The second-order valence-corrected chi connectivity index (χ2v) is 13.8. The van der Waals surface area contributed by atoms with Crippen LogP contribution in [0.3, 0.4) is 0 Å². The van der Waals surface area contributed by atoms with Crippen molar-refractivity contribution >= 4 is 19.8 Å². The first kappa shape index (κ1) is 41.8. The van der Waals surface area contributed by atoms with Crippen molar-refractivity contribution in [1.29, 1.82) is 0 Å². The number of carbonyl (C=O) groups excluding carboxylic acids is 2. The van der Waals surface area contributed by atoms with Crippen molar-refractivity contribution in [1.82, 2.24) is 0 Å². The third-order valence-electron chi connectivity index (χ3n) is 8.21. The Bertz CT molecular complexity index is 813. The highest BCUT2D eigenvalue weighted by molar-refractivity contribution is 7.46. The Labute approximate surface area is 273 Å². The molecule has 9 nitrogen and oxygen atoms in total. The zero-order valence-corrected chi connectivity index (χ0v) is 29.4. The lowest BCUT2D eigenvalue weighted by Gasteiger charge is -2.18. The number of ether oxygens (including phenoxy) is 3. The summed E-state index contributed by atoms with van der Waals surface area (Å²) in [5.74, 6) is -0.905. The maximum atomic E-state index is 12.4. The topological polar surface area (TPSA) is 132 Å². The fourth-order valence-corrected chi connectivity index (χ4v) is 5.74. The fourth-order valence-electron chi connectivity index (χ4n) is 5.38. The molecule has 3 atom stereocenters. The van der Waals surface area contributed by atoms with Gasteiger partial charge in [-0.1, -0.05) is 129 Å². The van der Waals surface area contributed by atoms with E-state index in [9.17, 15) is 14.2 Å². The molecule has 0 aromatic carbocycles. The molecular weight excluding hydrogens is 595 g/mol. The molecule has 264 valence electrons. The molecule has 0 aliphatic carbocycles. The summed E-state index contributed by atoms with van der Waals surface area (Å²) in [4.78, 5) is 42.6. The van der Waals surface area contributed by atoms with Gasteiger partial charge >= 0.3 is 19.8 Å². The van der Waals surface area contributed by atoms with E-state index in [1.54, 1.807) is 0 Å². The minimum atomic E-state index is -4.75. The molecule has 0 saturated carbocycles. The van der Waals surface area contributed by atoms with Gasteiger partial charge in [0.25, 0.3) is 0 Å². The molecule has 1 saturated heterocycles. The molecule has 1 aliphatic heterocycles. The summed E-state index contributed by atoms with van der Waals surface area (Å²) in [6.07, 6.45) is 29.5. The van der Waals surface area contributed by atoms with Crippen molar-refractivity contribution in [2.24, 2.45) is 0 Å². The van der Waals surface area contributed by atoms with Gasteiger partial charge in [0.05, 0.1) is 18.8 Å². The van der Waals surface area contributed by atoms with Gasteiger partial charge < -0.3 is 24.0 Å². The van der Waals surface area contributed by atoms with E-state index in [2.05, 4.69) is 30.5 Å². The highest BCUT2D eigenvalue weighted by Gasteiger charge is 2.36. The Morgan fingerprint density at radius 2 is 1.22 bits per heavy atom. The normalized spacial score (nSPS) is 17.1. The van der Waals surface area contributed by atoms with Crippen molar-refractivity contribution in [3.8, 4) is 0 Å². The minimum Gasteiger partial charge on any atom is -0.462 e. The number of phosphoric acid groups is 1. The average Bonchev–Trinajstić information content (AvgIpc) is 3.76. The van der Waals surface area contributed by atoms with Crippen LogP contribution in [0.4, 0.5) is 0 Å². The van der Waals surface area contributed by atoms with Crippen LogP contribution >= 0.6 is 7.82 Å². The van der Waals surface area contributed by atoms with Crippen LogP contribution in [0.1, 0.15) is 168 Å². The highest BCUT2D eigenvalue weighted by Crippen LogP contribution is 2.36. The smallest absolute Gasteiger partial charge is 0.462 e. The van der Waals surface area contributed by atoms with E-state index < -0.39 is 32.5 Å². The summed E-state index contributed by atoms with van der Waals surface area (Å²) in [7, 11) is -4.75. The lowest BCUT2D eigenvalue weighted by Crippen LogP contribution is -2.29. The number of rotatable bonds is 32. The van der Waals surface area contributed by atoms with Gasteiger partial charge in [0.2, 0.25) is 0 Å². The van der Waals surface area contributed by atoms with Gasteiger partial charge in [0, 0.05) is 12.8 Å². The number of unbranched alkanes of at least 4 members (excludes halogenated alkanes) is 17. The molecule has 0 spiro atoms. The first-order valence-electron chi connectivity index (χ1n) is 18.1.